The Kier molecular flexibility index (Phi) is 10.4. The number of fused-ring (bicyclic) bond motifs is 1. The summed E-state index contributed by atoms with van der Waals surface area (Å²) < 4.78 is 16.1. The van der Waals surface area contributed by atoms with Crippen LogP contribution < -0.4 is 20.1 Å². The summed E-state index contributed by atoms with van der Waals surface area (Å²) >= 11 is 6.29. The van der Waals surface area contributed by atoms with Crippen molar-refractivity contribution in [1.29, 1.82) is 0 Å². The van der Waals surface area contributed by atoms with E-state index in [1.807, 2.05) is 12.1 Å². The number of nitrogens with one attached hydrogen (secondary N) is 2. The lowest BCUT2D eigenvalue weighted by Gasteiger charge is -2.19. The molecular weight excluding hydrogens is 481 g/mol. The maximum Gasteiger partial charge on any atom is 0.411 e. The van der Waals surface area contributed by atoms with Crippen LogP contribution in [0.2, 0.25) is 5.02 Å². The summed E-state index contributed by atoms with van der Waals surface area (Å²) in [7, 11) is 2.89. The van der Waals surface area contributed by atoms with Gasteiger partial charge in [0, 0.05) is 23.7 Å². The zero-order valence-corrected chi connectivity index (χ0v) is 21.1. The number of anilines is 3. The molecule has 1 amide bonds. The van der Waals surface area contributed by atoms with Crippen LogP contribution in [0.5, 0.6) is 11.5 Å². The normalized spacial score (nSPS) is 10.5. The number of hydrogen-bond acceptors (Lipinski definition) is 8. The number of ether oxygens (including phenoxy) is 3. The zero-order valence-electron chi connectivity index (χ0n) is 19.6. The third kappa shape index (κ3) is 6.75. The molecule has 0 unspecified atom stereocenters. The second-order valence-corrected chi connectivity index (χ2v) is 7.46. The van der Waals surface area contributed by atoms with E-state index in [1.54, 1.807) is 25.3 Å². The summed E-state index contributed by atoms with van der Waals surface area (Å²) in [5.41, 5.74) is 1.84. The predicted octanol–water partition coefficient (Wildman–Crippen LogP) is 5.36. The lowest BCUT2D eigenvalue weighted by atomic mass is 10.2. The highest BCUT2D eigenvalue weighted by atomic mass is 35.5. The molecular formula is C23H29Cl2N5O4. The van der Waals surface area contributed by atoms with Crippen LogP contribution in [0.15, 0.2) is 36.7 Å². The SMILES string of the molecule is CCN(CC)CCOc1cc2ncnc(Nc3ccc(NC(=O)OC)c(Cl)c3)c2cc1OC.Cl. The molecule has 0 atom stereocenters. The van der Waals surface area contributed by atoms with Gasteiger partial charge < -0.3 is 24.4 Å². The molecule has 0 aliphatic rings. The van der Waals surface area contributed by atoms with Crippen LogP contribution in [-0.4, -0.2) is 61.4 Å². The number of aromatic nitrogens is 2. The molecule has 1 heterocycles. The molecule has 2 N–H and O–H groups in total. The number of benzene rings is 2. The van der Waals surface area contributed by atoms with Crippen molar-refractivity contribution in [2.45, 2.75) is 13.8 Å². The number of carbonyl (C=O) groups excluding carboxylic acids is 1. The number of halogens is 2. The van der Waals surface area contributed by atoms with Crippen molar-refractivity contribution in [1.82, 2.24) is 14.9 Å². The quantitative estimate of drug-likeness (QED) is 0.377. The molecule has 3 aromatic rings. The minimum atomic E-state index is -0.596. The van der Waals surface area contributed by atoms with Gasteiger partial charge in [-0.2, -0.15) is 0 Å². The Bertz CT molecular complexity index is 1110. The van der Waals surface area contributed by atoms with Crippen molar-refractivity contribution in [3.05, 3.63) is 41.7 Å². The van der Waals surface area contributed by atoms with Gasteiger partial charge in [0.25, 0.3) is 0 Å². The molecule has 34 heavy (non-hydrogen) atoms. The zero-order chi connectivity index (χ0) is 23.8. The first-order chi connectivity index (χ1) is 16.0. The number of hydrogen-bond donors (Lipinski definition) is 2. The molecule has 0 fully saturated rings. The van der Waals surface area contributed by atoms with Crippen molar-refractivity contribution < 1.29 is 19.0 Å². The molecule has 184 valence electrons. The average Bonchev–Trinajstić information content (AvgIpc) is 2.83. The Morgan fingerprint density at radius 1 is 1.09 bits per heavy atom. The van der Waals surface area contributed by atoms with E-state index in [-0.39, 0.29) is 12.4 Å². The van der Waals surface area contributed by atoms with E-state index in [2.05, 4.69) is 44.1 Å². The molecule has 0 aliphatic carbocycles. The van der Waals surface area contributed by atoms with Crippen molar-refractivity contribution >= 4 is 58.2 Å². The molecule has 3 rings (SSSR count). The molecule has 0 spiro atoms. The van der Waals surface area contributed by atoms with Crippen LogP contribution in [0, 0.1) is 0 Å². The van der Waals surface area contributed by atoms with E-state index in [0.29, 0.717) is 45.8 Å². The van der Waals surface area contributed by atoms with Gasteiger partial charge >= 0.3 is 6.09 Å². The fourth-order valence-corrected chi connectivity index (χ4v) is 3.48. The van der Waals surface area contributed by atoms with Crippen molar-refractivity contribution in [2.24, 2.45) is 0 Å². The van der Waals surface area contributed by atoms with Crippen LogP contribution in [0.3, 0.4) is 0 Å². The first kappa shape index (κ1) is 27.2. The molecule has 1 aromatic heterocycles. The highest BCUT2D eigenvalue weighted by Crippen LogP contribution is 2.35. The maximum absolute atomic E-state index is 11.4. The van der Waals surface area contributed by atoms with E-state index in [0.717, 1.165) is 25.0 Å². The van der Waals surface area contributed by atoms with Crippen LogP contribution in [0.25, 0.3) is 10.9 Å². The lowest BCUT2D eigenvalue weighted by Crippen LogP contribution is -2.27. The Hall–Kier alpha value is -3.01. The highest BCUT2D eigenvalue weighted by Gasteiger charge is 2.13. The maximum atomic E-state index is 11.4. The van der Waals surface area contributed by atoms with Crippen LogP contribution >= 0.6 is 24.0 Å². The summed E-state index contributed by atoms with van der Waals surface area (Å²) in [6.45, 7) is 7.57. The van der Waals surface area contributed by atoms with Gasteiger partial charge in [0.2, 0.25) is 0 Å². The third-order valence-corrected chi connectivity index (χ3v) is 5.45. The predicted molar refractivity (Wildman–Crippen MR) is 137 cm³/mol. The lowest BCUT2D eigenvalue weighted by molar-refractivity contribution is 0.187. The fraction of sp³-hybridized carbons (Fsp3) is 0.348. The van der Waals surface area contributed by atoms with Gasteiger partial charge in [-0.15, -0.1) is 12.4 Å². The van der Waals surface area contributed by atoms with Gasteiger partial charge in [-0.1, -0.05) is 25.4 Å². The molecule has 0 saturated heterocycles. The van der Waals surface area contributed by atoms with Gasteiger partial charge in [-0.05, 0) is 37.4 Å². The Morgan fingerprint density at radius 2 is 1.85 bits per heavy atom. The number of nitrogens with zero attached hydrogens (tertiary/aromatic N) is 3. The van der Waals surface area contributed by atoms with Gasteiger partial charge in [0.1, 0.15) is 18.8 Å². The third-order valence-electron chi connectivity index (χ3n) is 5.13. The largest absolute Gasteiger partial charge is 0.493 e. The molecule has 0 radical (unpaired) electrons. The second kappa shape index (κ2) is 13.0. The molecule has 11 heteroatoms. The topological polar surface area (TPSA) is 97.8 Å². The summed E-state index contributed by atoms with van der Waals surface area (Å²) in [4.78, 5) is 22.5. The smallest absolute Gasteiger partial charge is 0.411 e. The van der Waals surface area contributed by atoms with E-state index in [4.69, 9.17) is 21.1 Å². The van der Waals surface area contributed by atoms with Crippen LogP contribution in [0.1, 0.15) is 13.8 Å². The number of carbonyl (C=O) groups is 1. The second-order valence-electron chi connectivity index (χ2n) is 7.05. The van der Waals surface area contributed by atoms with Gasteiger partial charge in [0.15, 0.2) is 11.5 Å². The van der Waals surface area contributed by atoms with Gasteiger partial charge in [-0.3, -0.25) is 5.32 Å². The van der Waals surface area contributed by atoms with Crippen molar-refractivity contribution in [2.75, 3.05) is 51.1 Å². The average molecular weight is 510 g/mol. The first-order valence-electron chi connectivity index (χ1n) is 10.6. The summed E-state index contributed by atoms with van der Waals surface area (Å²) in [5, 5.41) is 6.91. The number of likely N-dealkylation sites (N-methyl/N-ethyl adjacent to an activating group) is 1. The Morgan fingerprint density at radius 3 is 2.50 bits per heavy atom. The Balaban J connectivity index is 0.00000408. The van der Waals surface area contributed by atoms with Gasteiger partial charge in [0.05, 0.1) is 30.4 Å². The van der Waals surface area contributed by atoms with Crippen molar-refractivity contribution in [3.8, 4) is 11.5 Å². The number of rotatable bonds is 10. The molecule has 0 bridgehead atoms. The Labute approximate surface area is 210 Å². The monoisotopic (exact) mass is 509 g/mol. The summed E-state index contributed by atoms with van der Waals surface area (Å²) in [5.74, 6) is 1.80. The standard InChI is InChI=1S/C23H28ClN5O4.ClH/c1-5-29(6-2)9-10-33-21-13-19-16(12-20(21)31-3)22(26-14-25-19)27-15-7-8-18(17(24)11-15)28-23(30)32-4;/h7-8,11-14H,5-6,9-10H2,1-4H3,(H,28,30)(H,25,26,27);1H. The summed E-state index contributed by atoms with van der Waals surface area (Å²) in [6.07, 6.45) is 0.882. The molecule has 0 aliphatic heterocycles. The number of amides is 1. The van der Waals surface area contributed by atoms with E-state index >= 15 is 0 Å². The minimum Gasteiger partial charge on any atom is -0.493 e. The highest BCUT2D eigenvalue weighted by molar-refractivity contribution is 6.34. The molecule has 9 nitrogen and oxygen atoms in total. The first-order valence-corrected chi connectivity index (χ1v) is 11.0. The number of methoxy groups -OCH3 is 2. The van der Waals surface area contributed by atoms with Crippen molar-refractivity contribution in [3.63, 3.8) is 0 Å². The summed E-state index contributed by atoms with van der Waals surface area (Å²) in [6, 6.07) is 8.82. The van der Waals surface area contributed by atoms with E-state index in [9.17, 15) is 4.79 Å². The molecule has 2 aromatic carbocycles. The fourth-order valence-electron chi connectivity index (χ4n) is 3.25. The van der Waals surface area contributed by atoms with E-state index < -0.39 is 6.09 Å². The van der Waals surface area contributed by atoms with E-state index in [1.165, 1.54) is 13.4 Å². The minimum absolute atomic E-state index is 0. The van der Waals surface area contributed by atoms with Crippen LogP contribution in [0.4, 0.5) is 22.0 Å². The molecule has 0 saturated carbocycles. The van der Waals surface area contributed by atoms with Gasteiger partial charge in [-0.25, -0.2) is 14.8 Å². The van der Waals surface area contributed by atoms with Crippen LogP contribution in [-0.2, 0) is 4.74 Å².